The fourth-order valence-electron chi connectivity index (χ4n) is 0.612. The third kappa shape index (κ3) is 16.2. The van der Waals surface area contributed by atoms with E-state index in [-0.39, 0.29) is 0 Å². The molecule has 0 aromatic heterocycles. The molecule has 0 fully saturated rings. The summed E-state index contributed by atoms with van der Waals surface area (Å²) in [5.41, 5.74) is 2.88. The lowest BCUT2D eigenvalue weighted by molar-refractivity contribution is 1.09. The topological polar surface area (TPSA) is 0 Å². The molecule has 0 saturated carbocycles. The molecule has 0 nitrogen and oxygen atoms in total. The van der Waals surface area contributed by atoms with Crippen LogP contribution in [0.15, 0.2) is 23.3 Å². The van der Waals surface area contributed by atoms with Crippen LogP contribution in [0.1, 0.15) is 54.4 Å². The molecule has 0 aliphatic carbocycles. The van der Waals surface area contributed by atoms with Crippen LogP contribution in [-0.4, -0.2) is 0 Å². The van der Waals surface area contributed by atoms with Gasteiger partial charge in [-0.15, -0.1) is 0 Å². The predicted octanol–water partition coefficient (Wildman–Crippen LogP) is 4.73. The van der Waals surface area contributed by atoms with E-state index in [1.807, 2.05) is 0 Å². The molecule has 0 bridgehead atoms. The van der Waals surface area contributed by atoms with Gasteiger partial charge >= 0.3 is 0 Å². The molecule has 0 aliphatic rings. The summed E-state index contributed by atoms with van der Waals surface area (Å²) in [5, 5.41) is 0. The van der Waals surface area contributed by atoms with Crippen molar-refractivity contribution in [3.8, 4) is 0 Å². The quantitative estimate of drug-likeness (QED) is 0.523. The Morgan fingerprint density at radius 3 is 1.58 bits per heavy atom. The van der Waals surface area contributed by atoms with Gasteiger partial charge in [0.1, 0.15) is 0 Å². The zero-order valence-electron chi connectivity index (χ0n) is 9.57. The van der Waals surface area contributed by atoms with Gasteiger partial charge in [-0.05, 0) is 40.5 Å². The molecule has 0 atom stereocenters. The molecule has 0 heterocycles. The molecule has 0 aliphatic heterocycles. The third-order valence-electron chi connectivity index (χ3n) is 1.66. The minimum absolute atomic E-state index is 1.17. The molecule has 0 unspecified atom stereocenters. The maximum absolute atomic E-state index is 2.21. The zero-order valence-corrected chi connectivity index (χ0v) is 9.57. The highest BCUT2D eigenvalue weighted by atomic mass is 13.8. The highest BCUT2D eigenvalue weighted by Crippen LogP contribution is 1.94. The number of allylic oxidation sites excluding steroid dienone is 4. The van der Waals surface area contributed by atoms with Gasteiger partial charge in [-0.2, -0.15) is 0 Å². The standard InChI is InChI=1S/2C6H12/c1-4-5-6(2)3;1-4-6(3)5-2/h5H,4H2,1-3H3;4H,5H2,1-3H3. The third-order valence-corrected chi connectivity index (χ3v) is 1.66. The average Bonchev–Trinajstić information content (AvgIpc) is 2.04. The first-order valence-corrected chi connectivity index (χ1v) is 4.83. The Labute approximate surface area is 78.4 Å². The Morgan fingerprint density at radius 1 is 1.08 bits per heavy atom. The Bertz CT molecular complexity index is 134. The van der Waals surface area contributed by atoms with E-state index in [9.17, 15) is 0 Å². The van der Waals surface area contributed by atoms with E-state index in [1.54, 1.807) is 0 Å². The number of hydrogen-bond donors (Lipinski definition) is 0. The molecule has 72 valence electrons. The summed E-state index contributed by atoms with van der Waals surface area (Å²) in [5.74, 6) is 0. The first kappa shape index (κ1) is 14.0. The van der Waals surface area contributed by atoms with Gasteiger partial charge in [0.2, 0.25) is 0 Å². The first-order chi connectivity index (χ1) is 5.58. The lowest BCUT2D eigenvalue weighted by Gasteiger charge is -1.85. The largest absolute Gasteiger partial charge is 0.0887 e. The van der Waals surface area contributed by atoms with E-state index in [1.165, 1.54) is 24.0 Å². The van der Waals surface area contributed by atoms with Crippen LogP contribution in [0.5, 0.6) is 0 Å². The van der Waals surface area contributed by atoms with Gasteiger partial charge in [-0.1, -0.05) is 37.1 Å². The van der Waals surface area contributed by atoms with Crippen molar-refractivity contribution in [2.45, 2.75) is 54.4 Å². The highest BCUT2D eigenvalue weighted by molar-refractivity contribution is 4.93. The molecule has 0 amide bonds. The molecule has 0 rings (SSSR count). The fourth-order valence-corrected chi connectivity index (χ4v) is 0.612. The van der Waals surface area contributed by atoms with E-state index < -0.39 is 0 Å². The fraction of sp³-hybridized carbons (Fsp3) is 0.667. The molecular weight excluding hydrogens is 144 g/mol. The van der Waals surface area contributed by atoms with Crippen LogP contribution in [0.4, 0.5) is 0 Å². The Balaban J connectivity index is 0. The van der Waals surface area contributed by atoms with E-state index in [0.29, 0.717) is 0 Å². The molecule has 0 spiro atoms. The SMILES string of the molecule is CC=C(C)CC.CCC=C(C)C. The van der Waals surface area contributed by atoms with Crippen molar-refractivity contribution in [3.05, 3.63) is 23.3 Å². The lowest BCUT2D eigenvalue weighted by atomic mass is 10.2. The van der Waals surface area contributed by atoms with E-state index in [0.717, 1.165) is 0 Å². The van der Waals surface area contributed by atoms with Crippen molar-refractivity contribution in [3.63, 3.8) is 0 Å². The first-order valence-electron chi connectivity index (χ1n) is 4.83. The van der Waals surface area contributed by atoms with Gasteiger partial charge < -0.3 is 0 Å². The molecule has 0 radical (unpaired) electrons. The summed E-state index contributed by atoms with van der Waals surface area (Å²) >= 11 is 0. The Hall–Kier alpha value is -0.520. The summed E-state index contributed by atoms with van der Waals surface area (Å²) in [6.45, 7) is 12.7. The zero-order chi connectivity index (χ0) is 9.98. The summed E-state index contributed by atoms with van der Waals surface area (Å²) in [4.78, 5) is 0. The van der Waals surface area contributed by atoms with E-state index in [2.05, 4.69) is 53.7 Å². The van der Waals surface area contributed by atoms with Gasteiger partial charge in [0.15, 0.2) is 0 Å². The Morgan fingerprint density at radius 2 is 1.58 bits per heavy atom. The van der Waals surface area contributed by atoms with Gasteiger partial charge in [-0.3, -0.25) is 0 Å². The van der Waals surface area contributed by atoms with Crippen LogP contribution in [0, 0.1) is 0 Å². The van der Waals surface area contributed by atoms with Crippen molar-refractivity contribution in [1.82, 2.24) is 0 Å². The molecule has 0 saturated heterocycles. The summed E-state index contributed by atoms with van der Waals surface area (Å²) < 4.78 is 0. The highest BCUT2D eigenvalue weighted by Gasteiger charge is 1.73. The van der Waals surface area contributed by atoms with Gasteiger partial charge in [0.25, 0.3) is 0 Å². The Kier molecular flexibility index (Phi) is 12.3. The molecule has 0 aromatic rings. The summed E-state index contributed by atoms with van der Waals surface area (Å²) in [7, 11) is 0. The minimum Gasteiger partial charge on any atom is -0.0887 e. The second kappa shape index (κ2) is 10.5. The van der Waals surface area contributed by atoms with Crippen LogP contribution in [0.25, 0.3) is 0 Å². The lowest BCUT2D eigenvalue weighted by Crippen LogP contribution is -1.63. The molecule has 0 aromatic carbocycles. The van der Waals surface area contributed by atoms with Crippen LogP contribution >= 0.6 is 0 Å². The molecule has 0 heteroatoms. The normalized spacial score (nSPS) is 10.0. The van der Waals surface area contributed by atoms with Gasteiger partial charge in [-0.25, -0.2) is 0 Å². The maximum atomic E-state index is 2.21. The van der Waals surface area contributed by atoms with Crippen LogP contribution < -0.4 is 0 Å². The molecule has 0 N–H and O–H groups in total. The van der Waals surface area contributed by atoms with Crippen molar-refractivity contribution in [1.29, 1.82) is 0 Å². The van der Waals surface area contributed by atoms with Crippen molar-refractivity contribution in [2.24, 2.45) is 0 Å². The minimum atomic E-state index is 1.17. The molecule has 12 heavy (non-hydrogen) atoms. The average molecular weight is 168 g/mol. The summed E-state index contributed by atoms with van der Waals surface area (Å²) in [6.07, 6.45) is 6.71. The van der Waals surface area contributed by atoms with Crippen LogP contribution in [0.3, 0.4) is 0 Å². The van der Waals surface area contributed by atoms with Crippen LogP contribution in [-0.2, 0) is 0 Å². The van der Waals surface area contributed by atoms with Crippen molar-refractivity contribution < 1.29 is 0 Å². The molecular formula is C12H24. The van der Waals surface area contributed by atoms with E-state index >= 15 is 0 Å². The van der Waals surface area contributed by atoms with E-state index in [4.69, 9.17) is 0 Å². The van der Waals surface area contributed by atoms with Crippen molar-refractivity contribution >= 4 is 0 Å². The maximum Gasteiger partial charge on any atom is -0.0352 e. The number of hydrogen-bond acceptors (Lipinski definition) is 0. The van der Waals surface area contributed by atoms with Gasteiger partial charge in [0.05, 0.1) is 0 Å². The van der Waals surface area contributed by atoms with Crippen molar-refractivity contribution in [2.75, 3.05) is 0 Å². The number of rotatable bonds is 2. The van der Waals surface area contributed by atoms with Crippen LogP contribution in [0.2, 0.25) is 0 Å². The van der Waals surface area contributed by atoms with Gasteiger partial charge in [0, 0.05) is 0 Å². The predicted molar refractivity (Wildman–Crippen MR) is 59.4 cm³/mol. The monoisotopic (exact) mass is 168 g/mol. The second-order valence-corrected chi connectivity index (χ2v) is 3.18. The summed E-state index contributed by atoms with van der Waals surface area (Å²) in [6, 6.07) is 0. The smallest absolute Gasteiger partial charge is 0.0352 e. The second-order valence-electron chi connectivity index (χ2n) is 3.18.